The summed E-state index contributed by atoms with van der Waals surface area (Å²) in [6.45, 7) is 2.42. The molecule has 0 spiro atoms. The first-order chi connectivity index (χ1) is 15.2. The lowest BCUT2D eigenvalue weighted by molar-refractivity contribution is 0.589. The maximum absolute atomic E-state index is 6.21. The Labute approximate surface area is 190 Å². The average Bonchev–Trinajstić information content (AvgIpc) is 3.44. The molecule has 0 saturated carbocycles. The Morgan fingerprint density at radius 1 is 0.903 bits per heavy atom. The molecule has 3 aromatic carbocycles. The SMILES string of the molecule is Clc1ccc(N2Cc3ccc(Nc4ccccc4CCn4cnnn4)cc3C2)cc1Cl. The lowest BCUT2D eigenvalue weighted by Gasteiger charge is -2.18. The number of halogens is 2. The lowest BCUT2D eigenvalue weighted by Crippen LogP contribution is -2.14. The maximum Gasteiger partial charge on any atom is 0.138 e. The van der Waals surface area contributed by atoms with Crippen molar-refractivity contribution in [3.63, 3.8) is 0 Å². The van der Waals surface area contributed by atoms with Crippen LogP contribution < -0.4 is 10.2 Å². The molecule has 0 saturated heterocycles. The second kappa shape index (κ2) is 8.57. The fourth-order valence-corrected chi connectivity index (χ4v) is 4.16. The molecular formula is C23H20Cl2N6. The molecule has 1 aromatic heterocycles. The van der Waals surface area contributed by atoms with Crippen molar-refractivity contribution < 1.29 is 0 Å². The molecule has 1 N–H and O–H groups in total. The standard InChI is InChI=1S/C23H20Cl2N6/c24-21-8-7-20(12-22(21)25)30-13-17-5-6-19(11-18(17)14-30)27-23-4-2-1-3-16(23)9-10-31-15-26-28-29-31/h1-8,11-12,15,27H,9-10,13-14H2. The Morgan fingerprint density at radius 3 is 2.61 bits per heavy atom. The monoisotopic (exact) mass is 450 g/mol. The van der Waals surface area contributed by atoms with Gasteiger partial charge in [0.15, 0.2) is 0 Å². The second-order valence-corrected chi connectivity index (χ2v) is 8.36. The van der Waals surface area contributed by atoms with E-state index in [4.69, 9.17) is 23.2 Å². The Bertz CT molecular complexity index is 1210. The van der Waals surface area contributed by atoms with Gasteiger partial charge in [0.25, 0.3) is 0 Å². The third-order valence-corrected chi connectivity index (χ3v) is 6.23. The minimum Gasteiger partial charge on any atom is -0.363 e. The van der Waals surface area contributed by atoms with E-state index < -0.39 is 0 Å². The Morgan fingerprint density at radius 2 is 1.77 bits per heavy atom. The summed E-state index contributed by atoms with van der Waals surface area (Å²) in [5.74, 6) is 0. The van der Waals surface area contributed by atoms with Gasteiger partial charge < -0.3 is 10.2 Å². The van der Waals surface area contributed by atoms with E-state index in [1.807, 2.05) is 24.3 Å². The fourth-order valence-electron chi connectivity index (χ4n) is 3.87. The van der Waals surface area contributed by atoms with E-state index in [-0.39, 0.29) is 0 Å². The predicted octanol–water partition coefficient (Wildman–Crippen LogP) is 5.49. The molecule has 156 valence electrons. The Kier molecular flexibility index (Phi) is 5.49. The molecule has 0 amide bonds. The molecule has 4 aromatic rings. The highest BCUT2D eigenvalue weighted by atomic mass is 35.5. The molecule has 2 heterocycles. The van der Waals surface area contributed by atoms with Crippen LogP contribution in [-0.4, -0.2) is 20.2 Å². The van der Waals surface area contributed by atoms with Crippen LogP contribution in [0.2, 0.25) is 10.0 Å². The third kappa shape index (κ3) is 4.36. The lowest BCUT2D eigenvalue weighted by atomic mass is 10.1. The smallest absolute Gasteiger partial charge is 0.138 e. The zero-order valence-corrected chi connectivity index (χ0v) is 18.2. The fraction of sp³-hybridized carbons (Fsp3) is 0.174. The van der Waals surface area contributed by atoms with Gasteiger partial charge in [-0.25, -0.2) is 4.68 Å². The second-order valence-electron chi connectivity index (χ2n) is 7.54. The number of fused-ring (bicyclic) bond motifs is 1. The number of para-hydroxylation sites is 1. The minimum atomic E-state index is 0.576. The first kappa shape index (κ1) is 19.8. The van der Waals surface area contributed by atoms with Crippen molar-refractivity contribution in [2.75, 3.05) is 10.2 Å². The number of aryl methyl sites for hydroxylation is 2. The van der Waals surface area contributed by atoms with E-state index in [9.17, 15) is 0 Å². The van der Waals surface area contributed by atoms with Gasteiger partial charge in [-0.05, 0) is 69.9 Å². The molecule has 1 aliphatic rings. The summed E-state index contributed by atoms with van der Waals surface area (Å²) in [4.78, 5) is 2.30. The van der Waals surface area contributed by atoms with Crippen molar-refractivity contribution in [1.82, 2.24) is 20.2 Å². The molecule has 0 fully saturated rings. The predicted molar refractivity (Wildman–Crippen MR) is 124 cm³/mol. The van der Waals surface area contributed by atoms with Gasteiger partial charge in [0.05, 0.1) is 10.0 Å². The van der Waals surface area contributed by atoms with E-state index in [0.29, 0.717) is 10.0 Å². The van der Waals surface area contributed by atoms with Crippen LogP contribution in [-0.2, 0) is 26.1 Å². The van der Waals surface area contributed by atoms with Crippen LogP contribution in [0, 0.1) is 0 Å². The van der Waals surface area contributed by atoms with Gasteiger partial charge >= 0.3 is 0 Å². The van der Waals surface area contributed by atoms with Gasteiger partial charge in [0.1, 0.15) is 6.33 Å². The molecule has 0 bridgehead atoms. The molecule has 0 atom stereocenters. The average molecular weight is 451 g/mol. The number of nitrogens with zero attached hydrogens (tertiary/aromatic N) is 5. The van der Waals surface area contributed by atoms with Crippen LogP contribution in [0.3, 0.4) is 0 Å². The van der Waals surface area contributed by atoms with Gasteiger partial charge in [0.2, 0.25) is 0 Å². The summed E-state index contributed by atoms with van der Waals surface area (Å²) in [7, 11) is 0. The number of rotatable bonds is 6. The molecule has 6 nitrogen and oxygen atoms in total. The highest BCUT2D eigenvalue weighted by Crippen LogP contribution is 2.34. The van der Waals surface area contributed by atoms with Crippen LogP contribution in [0.1, 0.15) is 16.7 Å². The Balaban J connectivity index is 1.31. The topological polar surface area (TPSA) is 58.9 Å². The van der Waals surface area contributed by atoms with Crippen molar-refractivity contribution in [3.8, 4) is 0 Å². The number of benzene rings is 3. The number of nitrogens with one attached hydrogen (secondary N) is 1. The molecule has 1 aliphatic heterocycles. The number of aromatic nitrogens is 4. The van der Waals surface area contributed by atoms with E-state index in [0.717, 1.165) is 43.1 Å². The van der Waals surface area contributed by atoms with Crippen LogP contribution in [0.25, 0.3) is 0 Å². The van der Waals surface area contributed by atoms with Crippen LogP contribution in [0.4, 0.5) is 17.1 Å². The normalized spacial score (nSPS) is 12.8. The van der Waals surface area contributed by atoms with Gasteiger partial charge in [-0.1, -0.05) is 47.5 Å². The van der Waals surface area contributed by atoms with E-state index in [2.05, 4.69) is 62.1 Å². The van der Waals surface area contributed by atoms with Gasteiger partial charge in [-0.3, -0.25) is 0 Å². The molecule has 0 radical (unpaired) electrons. The number of anilines is 3. The van der Waals surface area contributed by atoms with Crippen molar-refractivity contribution in [2.45, 2.75) is 26.1 Å². The van der Waals surface area contributed by atoms with Crippen molar-refractivity contribution in [3.05, 3.63) is 93.7 Å². The zero-order valence-electron chi connectivity index (χ0n) is 16.7. The van der Waals surface area contributed by atoms with Crippen molar-refractivity contribution >= 4 is 40.3 Å². The van der Waals surface area contributed by atoms with Gasteiger partial charge in [-0.15, -0.1) is 5.10 Å². The number of hydrogen-bond donors (Lipinski definition) is 1. The highest BCUT2D eigenvalue weighted by Gasteiger charge is 2.20. The van der Waals surface area contributed by atoms with Gasteiger partial charge in [-0.2, -0.15) is 0 Å². The maximum atomic E-state index is 6.21. The largest absolute Gasteiger partial charge is 0.363 e. The van der Waals surface area contributed by atoms with Gasteiger partial charge in [0, 0.05) is 36.7 Å². The first-order valence-corrected chi connectivity index (χ1v) is 10.8. The first-order valence-electron chi connectivity index (χ1n) is 10.0. The third-order valence-electron chi connectivity index (χ3n) is 5.50. The summed E-state index contributed by atoms with van der Waals surface area (Å²) in [6.07, 6.45) is 2.47. The number of hydrogen-bond acceptors (Lipinski definition) is 5. The molecule has 0 unspecified atom stereocenters. The summed E-state index contributed by atoms with van der Waals surface area (Å²) in [5, 5.41) is 16.1. The van der Waals surface area contributed by atoms with Crippen LogP contribution >= 0.6 is 23.2 Å². The van der Waals surface area contributed by atoms with E-state index in [1.165, 1.54) is 16.7 Å². The molecule has 8 heteroatoms. The van der Waals surface area contributed by atoms with Crippen LogP contribution in [0.15, 0.2) is 67.0 Å². The van der Waals surface area contributed by atoms with Crippen LogP contribution in [0.5, 0.6) is 0 Å². The van der Waals surface area contributed by atoms with E-state index in [1.54, 1.807) is 11.0 Å². The molecule has 0 aliphatic carbocycles. The summed E-state index contributed by atoms with van der Waals surface area (Å²) >= 11 is 12.3. The Hall–Kier alpha value is -3.09. The quantitative estimate of drug-likeness (QED) is 0.420. The summed E-state index contributed by atoms with van der Waals surface area (Å²) in [6, 6.07) is 20.7. The van der Waals surface area contributed by atoms with Crippen molar-refractivity contribution in [2.24, 2.45) is 0 Å². The van der Waals surface area contributed by atoms with E-state index >= 15 is 0 Å². The summed E-state index contributed by atoms with van der Waals surface area (Å²) < 4.78 is 1.74. The highest BCUT2D eigenvalue weighted by molar-refractivity contribution is 6.42. The number of tetrazole rings is 1. The molecular weight excluding hydrogens is 431 g/mol. The molecule has 31 heavy (non-hydrogen) atoms. The minimum absolute atomic E-state index is 0.576. The summed E-state index contributed by atoms with van der Waals surface area (Å²) in [5.41, 5.74) is 7.09. The zero-order chi connectivity index (χ0) is 21.2. The van der Waals surface area contributed by atoms with Crippen molar-refractivity contribution in [1.29, 1.82) is 0 Å². The molecule has 5 rings (SSSR count).